The molecule has 0 saturated carbocycles. The molecule has 1 fully saturated rings. The number of rotatable bonds is 3. The summed E-state index contributed by atoms with van der Waals surface area (Å²) in [5.41, 5.74) is 0.264. The molecule has 1 saturated heterocycles. The van der Waals surface area contributed by atoms with Gasteiger partial charge in [-0.15, -0.1) is 5.10 Å². The highest BCUT2D eigenvalue weighted by molar-refractivity contribution is 7.17. The first kappa shape index (κ1) is 17.3. The number of fused-ring (bicyclic) bond motifs is 1. The third kappa shape index (κ3) is 2.84. The second-order valence-corrected chi connectivity index (χ2v) is 7.45. The van der Waals surface area contributed by atoms with Crippen LogP contribution in [0.1, 0.15) is 41.6 Å². The van der Waals surface area contributed by atoms with Crippen LogP contribution in [0.3, 0.4) is 0 Å². The van der Waals surface area contributed by atoms with Gasteiger partial charge >= 0.3 is 0 Å². The van der Waals surface area contributed by atoms with Gasteiger partial charge in [0.1, 0.15) is 5.82 Å². The summed E-state index contributed by atoms with van der Waals surface area (Å²) >= 11 is 1.22. The Morgan fingerprint density at radius 1 is 1.12 bits per heavy atom. The number of halogens is 3. The van der Waals surface area contributed by atoms with Crippen molar-refractivity contribution in [2.24, 2.45) is 0 Å². The predicted octanol–water partition coefficient (Wildman–Crippen LogP) is 3.80. The van der Waals surface area contributed by atoms with Gasteiger partial charge < -0.3 is 5.11 Å². The lowest BCUT2D eigenvalue weighted by Crippen LogP contribution is -2.34. The maximum Gasteiger partial charge on any atom is 0.230 e. The smallest absolute Gasteiger partial charge is 0.230 e. The number of thiazole rings is 1. The van der Waals surface area contributed by atoms with Crippen molar-refractivity contribution in [2.75, 3.05) is 13.1 Å². The van der Waals surface area contributed by atoms with Crippen molar-refractivity contribution in [1.29, 1.82) is 0 Å². The molecule has 5 nitrogen and oxygen atoms in total. The molecule has 1 aromatic carbocycles. The van der Waals surface area contributed by atoms with E-state index in [1.54, 1.807) is 6.92 Å². The van der Waals surface area contributed by atoms with Crippen molar-refractivity contribution in [1.82, 2.24) is 19.5 Å². The second kappa shape index (κ2) is 6.55. The largest absolute Gasteiger partial charge is 0.492 e. The molecule has 0 amide bonds. The normalized spacial score (nSPS) is 17.1. The van der Waals surface area contributed by atoms with E-state index >= 15 is 0 Å². The Labute approximate surface area is 151 Å². The fourth-order valence-corrected chi connectivity index (χ4v) is 4.63. The maximum absolute atomic E-state index is 13.9. The van der Waals surface area contributed by atoms with E-state index in [4.69, 9.17) is 0 Å². The molecule has 1 atom stereocenters. The summed E-state index contributed by atoms with van der Waals surface area (Å²) in [6, 6.07) is 1.41. The van der Waals surface area contributed by atoms with Crippen molar-refractivity contribution in [2.45, 2.75) is 32.2 Å². The Kier molecular flexibility index (Phi) is 4.36. The van der Waals surface area contributed by atoms with Crippen LogP contribution < -0.4 is 0 Å². The van der Waals surface area contributed by atoms with E-state index in [2.05, 4.69) is 10.1 Å². The second-order valence-electron chi connectivity index (χ2n) is 6.44. The van der Waals surface area contributed by atoms with Gasteiger partial charge in [-0.25, -0.2) is 18.2 Å². The molecule has 138 valence electrons. The molecule has 2 aromatic heterocycles. The number of hydrogen-bond donors (Lipinski definition) is 1. The average molecular weight is 382 g/mol. The molecule has 1 aliphatic heterocycles. The van der Waals surface area contributed by atoms with Gasteiger partial charge in [0.05, 0.1) is 10.9 Å². The molecule has 3 heterocycles. The Morgan fingerprint density at radius 2 is 1.77 bits per heavy atom. The van der Waals surface area contributed by atoms with Crippen LogP contribution in [0.5, 0.6) is 5.88 Å². The Morgan fingerprint density at radius 3 is 2.38 bits per heavy atom. The number of piperidine rings is 1. The van der Waals surface area contributed by atoms with Crippen LogP contribution in [0.4, 0.5) is 13.2 Å². The molecular formula is C17H17F3N4OS. The summed E-state index contributed by atoms with van der Waals surface area (Å²) in [5.74, 6) is -3.56. The quantitative estimate of drug-likeness (QED) is 0.700. The zero-order chi connectivity index (χ0) is 18.4. The fourth-order valence-electron chi connectivity index (χ4n) is 3.46. The third-order valence-electron chi connectivity index (χ3n) is 4.63. The van der Waals surface area contributed by atoms with Crippen LogP contribution in [0.25, 0.3) is 4.96 Å². The zero-order valence-electron chi connectivity index (χ0n) is 14.0. The minimum atomic E-state index is -1.49. The Bertz CT molecular complexity index is 941. The molecule has 9 heteroatoms. The van der Waals surface area contributed by atoms with Crippen LogP contribution >= 0.6 is 11.3 Å². The minimum Gasteiger partial charge on any atom is -0.492 e. The number of aryl methyl sites for hydroxylation is 1. The lowest BCUT2D eigenvalue weighted by molar-refractivity contribution is 0.186. The van der Waals surface area contributed by atoms with Gasteiger partial charge in [0, 0.05) is 0 Å². The van der Waals surface area contributed by atoms with E-state index < -0.39 is 23.5 Å². The van der Waals surface area contributed by atoms with Crippen molar-refractivity contribution in [3.05, 3.63) is 45.8 Å². The molecule has 0 bridgehead atoms. The highest BCUT2D eigenvalue weighted by atomic mass is 32.1. The highest BCUT2D eigenvalue weighted by Gasteiger charge is 2.31. The van der Waals surface area contributed by atoms with Crippen LogP contribution in [0.15, 0.2) is 12.1 Å². The highest BCUT2D eigenvalue weighted by Crippen LogP contribution is 2.41. The SMILES string of the molecule is Cc1nc2sc([C@H](c3cc(F)c(F)c(F)c3)N3CCCCC3)c(O)n2n1. The van der Waals surface area contributed by atoms with Crippen molar-refractivity contribution in [3.63, 3.8) is 0 Å². The molecule has 1 aliphatic rings. The summed E-state index contributed by atoms with van der Waals surface area (Å²) in [4.78, 5) is 7.29. The van der Waals surface area contributed by atoms with Crippen molar-refractivity contribution < 1.29 is 18.3 Å². The Balaban J connectivity index is 1.87. The molecule has 0 unspecified atom stereocenters. The van der Waals surface area contributed by atoms with Gasteiger partial charge in [0.2, 0.25) is 10.8 Å². The molecule has 4 rings (SSSR count). The Hall–Kier alpha value is -2.13. The van der Waals surface area contributed by atoms with E-state index in [-0.39, 0.29) is 11.4 Å². The summed E-state index contributed by atoms with van der Waals surface area (Å²) in [6.45, 7) is 3.15. The summed E-state index contributed by atoms with van der Waals surface area (Å²) in [5, 5.41) is 14.8. The summed E-state index contributed by atoms with van der Waals surface area (Å²) in [7, 11) is 0. The summed E-state index contributed by atoms with van der Waals surface area (Å²) < 4.78 is 42.5. The number of nitrogens with zero attached hydrogens (tertiary/aromatic N) is 4. The molecule has 26 heavy (non-hydrogen) atoms. The number of hydrogen-bond acceptors (Lipinski definition) is 5. The summed E-state index contributed by atoms with van der Waals surface area (Å²) in [6.07, 6.45) is 2.97. The number of aromatic hydroxyl groups is 1. The first-order chi connectivity index (χ1) is 12.5. The zero-order valence-corrected chi connectivity index (χ0v) is 14.9. The van der Waals surface area contributed by atoms with Crippen LogP contribution in [-0.4, -0.2) is 37.7 Å². The van der Waals surface area contributed by atoms with Gasteiger partial charge in [-0.2, -0.15) is 4.52 Å². The first-order valence-corrected chi connectivity index (χ1v) is 9.21. The molecule has 0 aliphatic carbocycles. The predicted molar refractivity (Wildman–Crippen MR) is 90.8 cm³/mol. The van der Waals surface area contributed by atoms with Gasteiger partial charge in [0.25, 0.3) is 0 Å². The van der Waals surface area contributed by atoms with Crippen molar-refractivity contribution in [3.8, 4) is 5.88 Å². The van der Waals surface area contributed by atoms with Gasteiger partial charge in [-0.05, 0) is 50.6 Å². The number of likely N-dealkylation sites (tertiary alicyclic amines) is 1. The first-order valence-electron chi connectivity index (χ1n) is 8.39. The van der Waals surface area contributed by atoms with E-state index in [1.807, 2.05) is 4.90 Å². The van der Waals surface area contributed by atoms with Crippen LogP contribution in [0, 0.1) is 24.4 Å². The van der Waals surface area contributed by atoms with Gasteiger partial charge in [-0.1, -0.05) is 17.8 Å². The van der Waals surface area contributed by atoms with Gasteiger partial charge in [0.15, 0.2) is 17.5 Å². The number of benzene rings is 1. The number of aromatic nitrogens is 3. The lowest BCUT2D eigenvalue weighted by atomic mass is 10.00. The van der Waals surface area contributed by atoms with E-state index in [0.29, 0.717) is 15.7 Å². The van der Waals surface area contributed by atoms with Crippen LogP contribution in [-0.2, 0) is 0 Å². The molecule has 0 spiro atoms. The monoisotopic (exact) mass is 382 g/mol. The van der Waals surface area contributed by atoms with E-state index in [9.17, 15) is 18.3 Å². The van der Waals surface area contributed by atoms with Gasteiger partial charge in [-0.3, -0.25) is 4.90 Å². The standard InChI is InChI=1S/C17H17F3N4OS/c1-9-21-17-24(22-9)16(25)15(26-17)14(23-5-3-2-4-6-23)10-7-11(18)13(20)12(19)8-10/h7-8,14,25H,2-6H2,1H3/t14-/m0/s1. The topological polar surface area (TPSA) is 53.7 Å². The van der Waals surface area contributed by atoms with E-state index in [1.165, 1.54) is 15.9 Å². The molecule has 3 aromatic rings. The average Bonchev–Trinajstić information content (AvgIpc) is 3.12. The molecular weight excluding hydrogens is 365 g/mol. The molecule has 0 radical (unpaired) electrons. The van der Waals surface area contributed by atoms with Crippen LogP contribution in [0.2, 0.25) is 0 Å². The maximum atomic E-state index is 13.9. The van der Waals surface area contributed by atoms with Crippen molar-refractivity contribution >= 4 is 16.3 Å². The molecule has 1 N–H and O–H groups in total. The van der Waals surface area contributed by atoms with E-state index in [0.717, 1.165) is 44.5 Å². The lowest BCUT2D eigenvalue weighted by Gasteiger charge is -2.34. The third-order valence-corrected chi connectivity index (χ3v) is 5.70. The fraction of sp³-hybridized carbons (Fsp3) is 0.412. The minimum absolute atomic E-state index is 0.105.